The van der Waals surface area contributed by atoms with E-state index in [0.29, 0.717) is 0 Å². The number of rotatable bonds is 0. The van der Waals surface area contributed by atoms with Gasteiger partial charge in [-0.25, -0.2) is 0 Å². The van der Waals surface area contributed by atoms with Gasteiger partial charge in [0.1, 0.15) is 0 Å². The average Bonchev–Trinajstić information content (AvgIpc) is 1.93. The van der Waals surface area contributed by atoms with Crippen LogP contribution in [0.1, 0.15) is 0 Å². The first-order valence-electron chi connectivity index (χ1n) is 2.67. The van der Waals surface area contributed by atoms with Crippen LogP contribution in [0.3, 0.4) is 0 Å². The molecule has 1 aliphatic rings. The number of allylic oxidation sites excluding steroid dienone is 2. The number of alkyl halides is 2. The van der Waals surface area contributed by atoms with Gasteiger partial charge in [0.2, 0.25) is 0 Å². The standard InChI is InChI=1S/C6H4Br2O2/c7-5-3(9)1-2-4(10)6(5)8/h1-2,5-6H. The Hall–Kier alpha value is 0.0400. The molecule has 4 heteroatoms. The fourth-order valence-corrected chi connectivity index (χ4v) is 1.46. The number of ketones is 2. The van der Waals surface area contributed by atoms with Gasteiger partial charge in [0.05, 0.1) is 9.65 Å². The first-order chi connectivity index (χ1) is 4.63. The Morgan fingerprint density at radius 2 is 1.30 bits per heavy atom. The Morgan fingerprint density at radius 3 is 1.60 bits per heavy atom. The largest absolute Gasteiger partial charge is 0.294 e. The van der Waals surface area contributed by atoms with E-state index < -0.39 is 9.65 Å². The molecule has 1 aliphatic carbocycles. The highest BCUT2D eigenvalue weighted by Gasteiger charge is 2.29. The fraction of sp³-hybridized carbons (Fsp3) is 0.333. The molecule has 0 N–H and O–H groups in total. The Bertz CT molecular complexity index is 188. The van der Waals surface area contributed by atoms with Crippen molar-refractivity contribution < 1.29 is 9.59 Å². The summed E-state index contributed by atoms with van der Waals surface area (Å²) in [5, 5.41) is 0. The lowest BCUT2D eigenvalue weighted by atomic mass is 10.1. The van der Waals surface area contributed by atoms with E-state index in [4.69, 9.17) is 0 Å². The van der Waals surface area contributed by atoms with Gasteiger partial charge in [0, 0.05) is 0 Å². The predicted molar refractivity (Wildman–Crippen MR) is 44.6 cm³/mol. The third-order valence-corrected chi connectivity index (χ3v) is 3.88. The van der Waals surface area contributed by atoms with Crippen molar-refractivity contribution in [1.29, 1.82) is 0 Å². The quantitative estimate of drug-likeness (QED) is 0.619. The molecule has 2 nitrogen and oxygen atoms in total. The minimum absolute atomic E-state index is 0.0681. The van der Waals surface area contributed by atoms with E-state index in [1.54, 1.807) is 0 Å². The number of hydrogen-bond acceptors (Lipinski definition) is 2. The monoisotopic (exact) mass is 266 g/mol. The second-order valence-electron chi connectivity index (χ2n) is 1.94. The highest BCUT2D eigenvalue weighted by atomic mass is 79.9. The highest BCUT2D eigenvalue weighted by molar-refractivity contribution is 9.12. The van der Waals surface area contributed by atoms with Crippen molar-refractivity contribution >= 4 is 43.4 Å². The molecule has 0 heterocycles. The van der Waals surface area contributed by atoms with Crippen molar-refractivity contribution in [2.75, 3.05) is 0 Å². The normalized spacial score (nSPS) is 33.0. The van der Waals surface area contributed by atoms with E-state index in [0.717, 1.165) is 0 Å². The summed E-state index contributed by atoms with van der Waals surface area (Å²) in [6, 6.07) is 0. The second kappa shape index (κ2) is 2.96. The maximum Gasteiger partial charge on any atom is 0.171 e. The van der Waals surface area contributed by atoms with E-state index >= 15 is 0 Å². The van der Waals surface area contributed by atoms with E-state index in [-0.39, 0.29) is 11.6 Å². The van der Waals surface area contributed by atoms with Gasteiger partial charge in [-0.05, 0) is 12.2 Å². The summed E-state index contributed by atoms with van der Waals surface area (Å²) in [6.07, 6.45) is 2.58. The number of halogens is 2. The Labute approximate surface area is 74.9 Å². The molecule has 0 radical (unpaired) electrons. The van der Waals surface area contributed by atoms with Crippen molar-refractivity contribution in [3.63, 3.8) is 0 Å². The van der Waals surface area contributed by atoms with Crippen molar-refractivity contribution in [2.24, 2.45) is 0 Å². The third kappa shape index (κ3) is 1.37. The lowest BCUT2D eigenvalue weighted by Crippen LogP contribution is -2.32. The fourth-order valence-electron chi connectivity index (χ4n) is 0.637. The minimum Gasteiger partial charge on any atom is -0.294 e. The van der Waals surface area contributed by atoms with Crippen molar-refractivity contribution in [1.82, 2.24) is 0 Å². The van der Waals surface area contributed by atoms with Gasteiger partial charge in [-0.15, -0.1) is 0 Å². The predicted octanol–water partition coefficient (Wildman–Crippen LogP) is 1.22. The summed E-state index contributed by atoms with van der Waals surface area (Å²) >= 11 is 6.18. The molecule has 0 aliphatic heterocycles. The summed E-state index contributed by atoms with van der Waals surface area (Å²) in [5.41, 5.74) is 0. The summed E-state index contributed by atoms with van der Waals surface area (Å²) in [7, 11) is 0. The molecule has 0 saturated heterocycles. The summed E-state index contributed by atoms with van der Waals surface area (Å²) in [6.45, 7) is 0. The second-order valence-corrected chi connectivity index (χ2v) is 3.91. The summed E-state index contributed by atoms with van der Waals surface area (Å²) in [5.74, 6) is -0.136. The summed E-state index contributed by atoms with van der Waals surface area (Å²) in [4.78, 5) is 20.9. The topological polar surface area (TPSA) is 34.1 Å². The van der Waals surface area contributed by atoms with Crippen LogP contribution in [0.2, 0.25) is 0 Å². The molecule has 0 saturated carbocycles. The minimum atomic E-state index is -0.398. The maximum absolute atomic E-state index is 10.8. The number of carbonyl (C=O) groups excluding carboxylic acids is 2. The van der Waals surface area contributed by atoms with Crippen LogP contribution < -0.4 is 0 Å². The molecule has 2 unspecified atom stereocenters. The highest BCUT2D eigenvalue weighted by Crippen LogP contribution is 2.20. The lowest BCUT2D eigenvalue weighted by molar-refractivity contribution is -0.119. The van der Waals surface area contributed by atoms with Gasteiger partial charge < -0.3 is 0 Å². The maximum atomic E-state index is 10.8. The molecular weight excluding hydrogens is 264 g/mol. The molecule has 0 aromatic carbocycles. The van der Waals surface area contributed by atoms with Gasteiger partial charge in [0.25, 0.3) is 0 Å². The molecule has 54 valence electrons. The van der Waals surface area contributed by atoms with Crippen LogP contribution in [-0.4, -0.2) is 21.2 Å². The zero-order valence-electron chi connectivity index (χ0n) is 4.88. The smallest absolute Gasteiger partial charge is 0.171 e. The van der Waals surface area contributed by atoms with Crippen molar-refractivity contribution in [2.45, 2.75) is 9.65 Å². The molecule has 2 atom stereocenters. The molecule has 10 heavy (non-hydrogen) atoms. The summed E-state index contributed by atoms with van der Waals surface area (Å²) < 4.78 is 0. The third-order valence-electron chi connectivity index (χ3n) is 1.21. The lowest BCUT2D eigenvalue weighted by Gasteiger charge is -2.14. The molecule has 0 aromatic heterocycles. The van der Waals surface area contributed by atoms with Crippen LogP contribution >= 0.6 is 31.9 Å². The van der Waals surface area contributed by atoms with Crippen molar-refractivity contribution in [3.8, 4) is 0 Å². The Kier molecular flexibility index (Phi) is 2.41. The van der Waals surface area contributed by atoms with Gasteiger partial charge >= 0.3 is 0 Å². The first-order valence-corrected chi connectivity index (χ1v) is 4.50. The number of carbonyl (C=O) groups is 2. The molecule has 0 spiro atoms. The molecule has 0 amide bonds. The van der Waals surface area contributed by atoms with Crippen LogP contribution in [-0.2, 0) is 9.59 Å². The zero-order valence-corrected chi connectivity index (χ0v) is 8.05. The van der Waals surface area contributed by atoms with Gasteiger partial charge in [-0.3, -0.25) is 9.59 Å². The molecule has 0 fully saturated rings. The van der Waals surface area contributed by atoms with Gasteiger partial charge in [-0.2, -0.15) is 0 Å². The zero-order chi connectivity index (χ0) is 7.72. The van der Waals surface area contributed by atoms with Crippen LogP contribution in [0, 0.1) is 0 Å². The molecule has 0 bridgehead atoms. The van der Waals surface area contributed by atoms with E-state index in [9.17, 15) is 9.59 Å². The molecular formula is C6H4Br2O2. The average molecular weight is 268 g/mol. The Morgan fingerprint density at radius 1 is 1.00 bits per heavy atom. The SMILES string of the molecule is O=C1C=CC(=O)C(Br)C1Br. The van der Waals surface area contributed by atoms with E-state index in [1.165, 1.54) is 12.2 Å². The van der Waals surface area contributed by atoms with E-state index in [1.807, 2.05) is 0 Å². The van der Waals surface area contributed by atoms with Crippen molar-refractivity contribution in [3.05, 3.63) is 12.2 Å². The molecule has 1 rings (SSSR count). The van der Waals surface area contributed by atoms with Crippen LogP contribution in [0.15, 0.2) is 12.2 Å². The molecule has 0 aromatic rings. The van der Waals surface area contributed by atoms with Gasteiger partial charge in [0.15, 0.2) is 11.6 Å². The Balaban J connectivity index is 2.89. The van der Waals surface area contributed by atoms with E-state index in [2.05, 4.69) is 31.9 Å². The first kappa shape index (κ1) is 8.14. The van der Waals surface area contributed by atoms with Gasteiger partial charge in [-0.1, -0.05) is 31.9 Å². The van der Waals surface area contributed by atoms with Crippen LogP contribution in [0.25, 0.3) is 0 Å². The van der Waals surface area contributed by atoms with Crippen LogP contribution in [0.5, 0.6) is 0 Å². The van der Waals surface area contributed by atoms with Crippen LogP contribution in [0.4, 0.5) is 0 Å². The number of hydrogen-bond donors (Lipinski definition) is 0.